The van der Waals surface area contributed by atoms with Crippen LogP contribution in [0.4, 0.5) is 5.82 Å². The van der Waals surface area contributed by atoms with Gasteiger partial charge in [0.25, 0.3) is 0 Å². The Morgan fingerprint density at radius 2 is 2.00 bits per heavy atom. The van der Waals surface area contributed by atoms with Crippen molar-refractivity contribution in [3.05, 3.63) is 59.3 Å². The highest BCUT2D eigenvalue weighted by Gasteiger charge is 2.02. The van der Waals surface area contributed by atoms with Crippen LogP contribution in [0.1, 0.15) is 23.6 Å². The van der Waals surface area contributed by atoms with E-state index in [1.807, 2.05) is 25.1 Å². The number of rotatable bonds is 3. The van der Waals surface area contributed by atoms with Gasteiger partial charge in [-0.1, -0.05) is 29.8 Å². The molecule has 0 saturated carbocycles. The fourth-order valence-corrected chi connectivity index (χ4v) is 1.85. The molecule has 0 aliphatic rings. The summed E-state index contributed by atoms with van der Waals surface area (Å²) in [4.78, 5) is 4.16. The molecule has 2 aromatic rings. The number of pyridine rings is 1. The lowest BCUT2D eigenvalue weighted by Crippen LogP contribution is -2.02. The summed E-state index contributed by atoms with van der Waals surface area (Å²) in [6, 6.07) is 12.1. The van der Waals surface area contributed by atoms with Crippen molar-refractivity contribution in [1.82, 2.24) is 4.98 Å². The third kappa shape index (κ3) is 2.94. The van der Waals surface area contributed by atoms with E-state index >= 15 is 0 Å². The van der Waals surface area contributed by atoms with Crippen LogP contribution >= 0.6 is 0 Å². The molecule has 0 fully saturated rings. The molecule has 0 radical (unpaired) electrons. The number of aromatic nitrogens is 1. The highest BCUT2D eigenvalue weighted by atomic mass is 15.3. The summed E-state index contributed by atoms with van der Waals surface area (Å²) in [5.41, 5.74) is 7.58. The Bertz CT molecular complexity index is 559. The monoisotopic (exact) mass is 239 g/mol. The number of hydrogen-bond donors (Lipinski definition) is 1. The second-order valence-corrected chi connectivity index (χ2v) is 4.34. The molecule has 18 heavy (non-hydrogen) atoms. The molecule has 0 aliphatic heterocycles. The summed E-state index contributed by atoms with van der Waals surface area (Å²) in [7, 11) is 0. The normalized spacial score (nSPS) is 11.4. The SMILES string of the molecule is C/C(=N/Nc1ccccn1)c1ccc(C)cc1C. The average molecular weight is 239 g/mol. The third-order valence-electron chi connectivity index (χ3n) is 2.77. The predicted octanol–water partition coefficient (Wildman–Crippen LogP) is 3.53. The Morgan fingerprint density at radius 3 is 2.67 bits per heavy atom. The zero-order chi connectivity index (χ0) is 13.0. The maximum atomic E-state index is 4.36. The van der Waals surface area contributed by atoms with Crippen molar-refractivity contribution in [2.75, 3.05) is 5.43 Å². The quantitative estimate of drug-likeness (QED) is 0.657. The molecule has 0 spiro atoms. The van der Waals surface area contributed by atoms with Gasteiger partial charge < -0.3 is 0 Å². The first kappa shape index (κ1) is 12.3. The molecule has 92 valence electrons. The van der Waals surface area contributed by atoms with E-state index in [2.05, 4.69) is 47.6 Å². The van der Waals surface area contributed by atoms with Crippen LogP contribution in [0.15, 0.2) is 47.7 Å². The van der Waals surface area contributed by atoms with Crippen molar-refractivity contribution in [2.45, 2.75) is 20.8 Å². The van der Waals surface area contributed by atoms with Crippen molar-refractivity contribution in [2.24, 2.45) is 5.10 Å². The summed E-state index contributed by atoms with van der Waals surface area (Å²) in [5.74, 6) is 0.751. The maximum Gasteiger partial charge on any atom is 0.146 e. The Kier molecular flexibility index (Phi) is 3.72. The van der Waals surface area contributed by atoms with Crippen LogP contribution in [-0.4, -0.2) is 10.7 Å². The third-order valence-corrected chi connectivity index (χ3v) is 2.77. The molecular weight excluding hydrogens is 222 g/mol. The van der Waals surface area contributed by atoms with Gasteiger partial charge in [-0.15, -0.1) is 0 Å². The first-order valence-corrected chi connectivity index (χ1v) is 5.96. The minimum Gasteiger partial charge on any atom is -0.261 e. The van der Waals surface area contributed by atoms with Gasteiger partial charge in [-0.05, 0) is 38.5 Å². The molecular formula is C15H17N3. The van der Waals surface area contributed by atoms with Crippen LogP contribution in [-0.2, 0) is 0 Å². The summed E-state index contributed by atoms with van der Waals surface area (Å²) >= 11 is 0. The van der Waals surface area contributed by atoms with E-state index in [4.69, 9.17) is 0 Å². The molecule has 3 nitrogen and oxygen atoms in total. The number of nitrogens with one attached hydrogen (secondary N) is 1. The molecule has 0 bridgehead atoms. The number of anilines is 1. The van der Waals surface area contributed by atoms with Gasteiger partial charge in [0.05, 0.1) is 5.71 Å². The molecule has 0 unspecified atom stereocenters. The topological polar surface area (TPSA) is 37.3 Å². The minimum absolute atomic E-state index is 0.751. The maximum absolute atomic E-state index is 4.36. The lowest BCUT2D eigenvalue weighted by molar-refractivity contribution is 1.21. The van der Waals surface area contributed by atoms with Gasteiger partial charge in [-0.2, -0.15) is 5.10 Å². The Hall–Kier alpha value is -2.16. The van der Waals surface area contributed by atoms with Crippen molar-refractivity contribution in [1.29, 1.82) is 0 Å². The van der Waals surface area contributed by atoms with E-state index < -0.39 is 0 Å². The van der Waals surface area contributed by atoms with Crippen LogP contribution in [0.25, 0.3) is 0 Å². The summed E-state index contributed by atoms with van der Waals surface area (Å²) in [6.45, 7) is 6.19. The van der Waals surface area contributed by atoms with E-state index in [0.29, 0.717) is 0 Å². The fourth-order valence-electron chi connectivity index (χ4n) is 1.85. The molecule has 0 amide bonds. The fraction of sp³-hybridized carbons (Fsp3) is 0.200. The number of hydrazone groups is 1. The Morgan fingerprint density at radius 1 is 1.17 bits per heavy atom. The van der Waals surface area contributed by atoms with E-state index in [0.717, 1.165) is 17.1 Å². The Balaban J connectivity index is 2.18. The first-order chi connectivity index (χ1) is 8.66. The number of nitrogens with zero attached hydrogens (tertiary/aromatic N) is 2. The molecule has 1 N–H and O–H groups in total. The van der Waals surface area contributed by atoms with Crippen molar-refractivity contribution in [3.63, 3.8) is 0 Å². The van der Waals surface area contributed by atoms with Crippen molar-refractivity contribution >= 4 is 11.5 Å². The highest BCUT2D eigenvalue weighted by Crippen LogP contribution is 2.12. The van der Waals surface area contributed by atoms with Crippen LogP contribution < -0.4 is 5.43 Å². The highest BCUT2D eigenvalue weighted by molar-refractivity contribution is 6.00. The standard InChI is InChI=1S/C15H17N3/c1-11-7-8-14(12(2)10-11)13(3)17-18-15-6-4-5-9-16-15/h4-10H,1-3H3,(H,16,18)/b17-13-. The molecule has 1 aromatic carbocycles. The largest absolute Gasteiger partial charge is 0.261 e. The van der Waals surface area contributed by atoms with Gasteiger partial charge in [0.2, 0.25) is 0 Å². The van der Waals surface area contributed by atoms with E-state index in [9.17, 15) is 0 Å². The molecule has 0 saturated heterocycles. The zero-order valence-electron chi connectivity index (χ0n) is 10.9. The molecule has 2 rings (SSSR count). The van der Waals surface area contributed by atoms with Gasteiger partial charge in [0.1, 0.15) is 5.82 Å². The molecule has 0 aliphatic carbocycles. The zero-order valence-corrected chi connectivity index (χ0v) is 10.9. The van der Waals surface area contributed by atoms with Crippen molar-refractivity contribution in [3.8, 4) is 0 Å². The van der Waals surface area contributed by atoms with Crippen LogP contribution in [0.5, 0.6) is 0 Å². The molecule has 0 atom stereocenters. The Labute approximate surface area is 108 Å². The number of aryl methyl sites for hydroxylation is 2. The van der Waals surface area contributed by atoms with Gasteiger partial charge in [-0.3, -0.25) is 5.43 Å². The average Bonchev–Trinajstić information content (AvgIpc) is 2.37. The molecule has 1 aromatic heterocycles. The van der Waals surface area contributed by atoms with Crippen LogP contribution in [0.3, 0.4) is 0 Å². The summed E-state index contributed by atoms with van der Waals surface area (Å²) in [6.07, 6.45) is 1.74. The van der Waals surface area contributed by atoms with Crippen LogP contribution in [0.2, 0.25) is 0 Å². The molecule has 3 heteroatoms. The minimum atomic E-state index is 0.751. The van der Waals surface area contributed by atoms with Crippen molar-refractivity contribution < 1.29 is 0 Å². The van der Waals surface area contributed by atoms with E-state index in [1.54, 1.807) is 6.20 Å². The number of hydrogen-bond acceptors (Lipinski definition) is 3. The molecule has 1 heterocycles. The first-order valence-electron chi connectivity index (χ1n) is 5.96. The summed E-state index contributed by atoms with van der Waals surface area (Å²) < 4.78 is 0. The smallest absolute Gasteiger partial charge is 0.146 e. The van der Waals surface area contributed by atoms with Gasteiger partial charge in [0.15, 0.2) is 0 Å². The predicted molar refractivity (Wildman–Crippen MR) is 76.0 cm³/mol. The van der Waals surface area contributed by atoms with E-state index in [1.165, 1.54) is 11.1 Å². The van der Waals surface area contributed by atoms with Gasteiger partial charge in [-0.25, -0.2) is 4.98 Å². The van der Waals surface area contributed by atoms with Gasteiger partial charge in [0, 0.05) is 11.8 Å². The second kappa shape index (κ2) is 5.45. The van der Waals surface area contributed by atoms with Gasteiger partial charge >= 0.3 is 0 Å². The van der Waals surface area contributed by atoms with Crippen LogP contribution in [0, 0.1) is 13.8 Å². The lowest BCUT2D eigenvalue weighted by Gasteiger charge is -2.07. The number of benzene rings is 1. The second-order valence-electron chi connectivity index (χ2n) is 4.34. The van der Waals surface area contributed by atoms with E-state index in [-0.39, 0.29) is 0 Å². The summed E-state index contributed by atoms with van der Waals surface area (Å²) in [5, 5.41) is 4.36. The lowest BCUT2D eigenvalue weighted by atomic mass is 10.0.